The third kappa shape index (κ3) is 3.24. The maximum absolute atomic E-state index is 13.7. The molecule has 0 bridgehead atoms. The second-order valence-corrected chi connectivity index (χ2v) is 6.44. The van der Waals surface area contributed by atoms with Crippen molar-refractivity contribution in [1.29, 1.82) is 5.26 Å². The monoisotopic (exact) mass is 347 g/mol. The molecule has 2 heterocycles. The van der Waals surface area contributed by atoms with Gasteiger partial charge in [-0.2, -0.15) is 5.26 Å². The van der Waals surface area contributed by atoms with Gasteiger partial charge in [-0.15, -0.1) is 0 Å². The summed E-state index contributed by atoms with van der Waals surface area (Å²) in [5.74, 6) is 0.271. The number of hydrogen-bond acceptors (Lipinski definition) is 4. The van der Waals surface area contributed by atoms with Gasteiger partial charge in [-0.1, -0.05) is 6.07 Å². The first-order valence-electron chi connectivity index (χ1n) is 8.70. The fourth-order valence-electron chi connectivity index (χ4n) is 3.31. The molecule has 0 spiro atoms. The molecule has 4 nitrogen and oxygen atoms in total. The van der Waals surface area contributed by atoms with E-state index in [2.05, 4.69) is 10.3 Å². The summed E-state index contributed by atoms with van der Waals surface area (Å²) in [6.45, 7) is 1.90. The summed E-state index contributed by atoms with van der Waals surface area (Å²) >= 11 is 0. The third-order valence-electron chi connectivity index (χ3n) is 4.72. The molecule has 1 N–H and O–H groups in total. The lowest BCUT2D eigenvalue weighted by atomic mass is 9.99. The summed E-state index contributed by atoms with van der Waals surface area (Å²) in [5.41, 5.74) is 1.72. The zero-order valence-electron chi connectivity index (χ0n) is 14.2. The second kappa shape index (κ2) is 7.11. The standard InChI is InChI=1S/C21H18FN3O/c22-20-2-1-14(9-17(20)12-23)16-10-15-3-6-25-13-19(15)21(11-16)26-18-4-7-24-8-5-18/h1-3,6,9-11,13,18,24H,4-5,7-8H2. The van der Waals surface area contributed by atoms with Crippen LogP contribution in [-0.4, -0.2) is 24.2 Å². The molecule has 1 fully saturated rings. The minimum atomic E-state index is -0.507. The lowest BCUT2D eigenvalue weighted by molar-refractivity contribution is 0.164. The summed E-state index contributed by atoms with van der Waals surface area (Å²) < 4.78 is 20.0. The number of piperidine rings is 1. The zero-order chi connectivity index (χ0) is 17.9. The fourth-order valence-corrected chi connectivity index (χ4v) is 3.31. The van der Waals surface area contributed by atoms with E-state index < -0.39 is 5.82 Å². The van der Waals surface area contributed by atoms with Gasteiger partial charge in [0.2, 0.25) is 0 Å². The van der Waals surface area contributed by atoms with Crippen molar-refractivity contribution in [1.82, 2.24) is 10.3 Å². The Kier molecular flexibility index (Phi) is 4.51. The van der Waals surface area contributed by atoms with E-state index in [1.54, 1.807) is 24.5 Å². The van der Waals surface area contributed by atoms with Gasteiger partial charge in [0, 0.05) is 17.8 Å². The van der Waals surface area contributed by atoms with E-state index in [1.807, 2.05) is 24.3 Å². The molecule has 1 aliphatic heterocycles. The molecule has 2 aromatic carbocycles. The van der Waals surface area contributed by atoms with Gasteiger partial charge in [0.15, 0.2) is 0 Å². The molecule has 0 unspecified atom stereocenters. The van der Waals surface area contributed by atoms with Crippen LogP contribution in [0.3, 0.4) is 0 Å². The molecule has 0 aliphatic carbocycles. The van der Waals surface area contributed by atoms with Gasteiger partial charge in [0.1, 0.15) is 23.7 Å². The zero-order valence-corrected chi connectivity index (χ0v) is 14.2. The Balaban J connectivity index is 1.79. The van der Waals surface area contributed by atoms with Crippen molar-refractivity contribution in [3.05, 3.63) is 60.2 Å². The number of nitrogens with zero attached hydrogens (tertiary/aromatic N) is 2. The molecule has 3 aromatic rings. The molecular weight excluding hydrogens is 329 g/mol. The smallest absolute Gasteiger partial charge is 0.140 e. The number of nitriles is 1. The molecule has 130 valence electrons. The van der Waals surface area contributed by atoms with Crippen LogP contribution in [0.5, 0.6) is 5.75 Å². The van der Waals surface area contributed by atoms with E-state index in [-0.39, 0.29) is 11.7 Å². The highest BCUT2D eigenvalue weighted by molar-refractivity contribution is 5.92. The van der Waals surface area contributed by atoms with Crippen LogP contribution in [0, 0.1) is 17.1 Å². The minimum absolute atomic E-state index is 0.0400. The number of fused-ring (bicyclic) bond motifs is 1. The molecule has 5 heteroatoms. The van der Waals surface area contributed by atoms with Gasteiger partial charge in [-0.3, -0.25) is 4.98 Å². The summed E-state index contributed by atoms with van der Waals surface area (Å²) in [5, 5.41) is 14.4. The Hall–Kier alpha value is -2.97. The van der Waals surface area contributed by atoms with Crippen LogP contribution < -0.4 is 10.1 Å². The number of benzene rings is 2. The molecule has 26 heavy (non-hydrogen) atoms. The van der Waals surface area contributed by atoms with E-state index >= 15 is 0 Å². The Labute approximate surface area is 151 Å². The number of nitrogens with one attached hydrogen (secondary N) is 1. The van der Waals surface area contributed by atoms with Crippen molar-refractivity contribution in [3.8, 4) is 22.9 Å². The van der Waals surface area contributed by atoms with Crippen LogP contribution in [-0.2, 0) is 0 Å². The van der Waals surface area contributed by atoms with Crippen molar-refractivity contribution in [2.45, 2.75) is 18.9 Å². The molecule has 1 saturated heterocycles. The molecule has 1 aromatic heterocycles. The van der Waals surface area contributed by atoms with Gasteiger partial charge < -0.3 is 10.1 Å². The van der Waals surface area contributed by atoms with Crippen LogP contribution >= 0.6 is 0 Å². The minimum Gasteiger partial charge on any atom is -0.490 e. The summed E-state index contributed by atoms with van der Waals surface area (Å²) in [7, 11) is 0. The summed E-state index contributed by atoms with van der Waals surface area (Å²) in [4.78, 5) is 4.22. The number of rotatable bonds is 3. The van der Waals surface area contributed by atoms with Crippen LogP contribution in [0.25, 0.3) is 21.9 Å². The van der Waals surface area contributed by atoms with Crippen molar-refractivity contribution < 1.29 is 9.13 Å². The van der Waals surface area contributed by atoms with Crippen molar-refractivity contribution in [3.63, 3.8) is 0 Å². The quantitative estimate of drug-likeness (QED) is 0.777. The largest absolute Gasteiger partial charge is 0.490 e. The Morgan fingerprint density at radius 2 is 1.96 bits per heavy atom. The highest BCUT2D eigenvalue weighted by Crippen LogP contribution is 2.34. The number of hydrogen-bond donors (Lipinski definition) is 1. The SMILES string of the molecule is N#Cc1cc(-c2cc(OC3CCNCC3)c3cnccc3c2)ccc1F. The lowest BCUT2D eigenvalue weighted by Crippen LogP contribution is -2.34. The molecule has 0 amide bonds. The number of pyridine rings is 1. The molecular formula is C21H18FN3O. The maximum Gasteiger partial charge on any atom is 0.140 e. The summed E-state index contributed by atoms with van der Waals surface area (Å²) in [6.07, 6.45) is 5.63. The molecule has 0 saturated carbocycles. The first-order valence-corrected chi connectivity index (χ1v) is 8.70. The van der Waals surface area contributed by atoms with Gasteiger partial charge in [0.05, 0.1) is 5.56 Å². The highest BCUT2D eigenvalue weighted by atomic mass is 19.1. The average Bonchev–Trinajstić information content (AvgIpc) is 2.69. The Bertz CT molecular complexity index is 990. The van der Waals surface area contributed by atoms with Crippen molar-refractivity contribution in [2.75, 3.05) is 13.1 Å². The molecule has 1 aliphatic rings. The maximum atomic E-state index is 13.7. The number of halogens is 1. The molecule has 4 rings (SSSR count). The van der Waals surface area contributed by atoms with Crippen molar-refractivity contribution >= 4 is 10.8 Å². The lowest BCUT2D eigenvalue weighted by Gasteiger charge is -2.25. The average molecular weight is 347 g/mol. The van der Waals surface area contributed by atoms with Crippen LogP contribution in [0.2, 0.25) is 0 Å². The fraction of sp³-hybridized carbons (Fsp3) is 0.238. The van der Waals surface area contributed by atoms with Gasteiger partial charge in [-0.25, -0.2) is 4.39 Å². The van der Waals surface area contributed by atoms with E-state index in [4.69, 9.17) is 10.00 Å². The van der Waals surface area contributed by atoms with Gasteiger partial charge >= 0.3 is 0 Å². The molecule has 0 atom stereocenters. The van der Waals surface area contributed by atoms with E-state index in [1.165, 1.54) is 6.07 Å². The number of ether oxygens (including phenoxy) is 1. The van der Waals surface area contributed by atoms with Crippen LogP contribution in [0.4, 0.5) is 4.39 Å². The van der Waals surface area contributed by atoms with Crippen LogP contribution in [0.1, 0.15) is 18.4 Å². The van der Waals surface area contributed by atoms with E-state index in [0.29, 0.717) is 0 Å². The second-order valence-electron chi connectivity index (χ2n) is 6.44. The van der Waals surface area contributed by atoms with E-state index in [0.717, 1.165) is 53.6 Å². The summed E-state index contributed by atoms with van der Waals surface area (Å²) in [6, 6.07) is 12.4. The third-order valence-corrected chi connectivity index (χ3v) is 4.72. The van der Waals surface area contributed by atoms with Gasteiger partial charge in [-0.05, 0) is 72.8 Å². The number of aromatic nitrogens is 1. The predicted octanol–water partition coefficient (Wildman–Crippen LogP) is 4.04. The van der Waals surface area contributed by atoms with Gasteiger partial charge in [0.25, 0.3) is 0 Å². The first-order chi connectivity index (χ1) is 12.7. The van der Waals surface area contributed by atoms with Crippen molar-refractivity contribution in [2.24, 2.45) is 0 Å². The molecule has 0 radical (unpaired) electrons. The first kappa shape index (κ1) is 16.5. The highest BCUT2D eigenvalue weighted by Gasteiger charge is 2.17. The van der Waals surface area contributed by atoms with Crippen LogP contribution in [0.15, 0.2) is 48.8 Å². The van der Waals surface area contributed by atoms with E-state index in [9.17, 15) is 4.39 Å². The Morgan fingerprint density at radius 3 is 2.77 bits per heavy atom. The normalized spacial score (nSPS) is 14.9. The Morgan fingerprint density at radius 1 is 1.12 bits per heavy atom. The topological polar surface area (TPSA) is 57.9 Å². The predicted molar refractivity (Wildman–Crippen MR) is 98.4 cm³/mol.